The van der Waals surface area contributed by atoms with Crippen LogP contribution in [0.5, 0.6) is 5.75 Å². The van der Waals surface area contributed by atoms with Crippen LogP contribution in [0.4, 0.5) is 0 Å². The molecule has 0 radical (unpaired) electrons. The van der Waals surface area contributed by atoms with Crippen LogP contribution >= 0.6 is 0 Å². The van der Waals surface area contributed by atoms with Crippen molar-refractivity contribution >= 4 is 26.8 Å². The average molecular weight is 529 g/mol. The van der Waals surface area contributed by atoms with Crippen molar-refractivity contribution in [3.63, 3.8) is 0 Å². The Morgan fingerprint density at radius 3 is 2.68 bits per heavy atom. The lowest BCUT2D eigenvalue weighted by atomic mass is 10.1. The normalized spacial score (nSPS) is 16.6. The number of rotatable bonds is 10. The van der Waals surface area contributed by atoms with E-state index in [-0.39, 0.29) is 16.6 Å². The quantitative estimate of drug-likeness (QED) is 0.331. The lowest BCUT2D eigenvalue weighted by molar-refractivity contribution is 0.159. The third-order valence-electron chi connectivity index (χ3n) is 6.54. The number of imidazole rings is 1. The number of ether oxygens (including phenoxy) is 1. The topological polar surface area (TPSA) is 131 Å². The molecule has 1 fully saturated rings. The summed E-state index contributed by atoms with van der Waals surface area (Å²) in [7, 11) is 0.159. The van der Waals surface area contributed by atoms with Gasteiger partial charge in [-0.1, -0.05) is 13.8 Å². The zero-order valence-corrected chi connectivity index (χ0v) is 22.3. The number of aromatic amines is 1. The van der Waals surface area contributed by atoms with Crippen molar-refractivity contribution in [3.05, 3.63) is 35.0 Å². The summed E-state index contributed by atoms with van der Waals surface area (Å²) in [5, 5.41) is 8.01. The Bertz CT molecular complexity index is 1600. The molecule has 1 aliphatic heterocycles. The fraction of sp³-hybridized carbons (Fsp3) is 0.500. The molecule has 1 N–H and O–H groups in total. The zero-order valence-electron chi connectivity index (χ0n) is 21.5. The number of fused-ring (bicyclic) bond motifs is 3. The first-order valence-electron chi connectivity index (χ1n) is 12.5. The van der Waals surface area contributed by atoms with Gasteiger partial charge in [0.25, 0.3) is 0 Å². The summed E-state index contributed by atoms with van der Waals surface area (Å²) < 4.78 is 37.6. The highest BCUT2D eigenvalue weighted by molar-refractivity contribution is 7.89. The Labute approximate surface area is 214 Å². The van der Waals surface area contributed by atoms with Gasteiger partial charge in [0.2, 0.25) is 10.0 Å². The predicted octanol–water partition coefficient (Wildman–Crippen LogP) is 1.96. The number of sulfonamides is 1. The number of nitrogens with zero attached hydrogens (tertiary/aromatic N) is 7. The summed E-state index contributed by atoms with van der Waals surface area (Å²) in [5.41, 5.74) is 1.56. The first kappa shape index (κ1) is 25.4. The van der Waals surface area contributed by atoms with Crippen molar-refractivity contribution in [2.75, 3.05) is 33.8 Å². The van der Waals surface area contributed by atoms with E-state index in [2.05, 4.69) is 15.2 Å². The smallest absolute Gasteiger partial charge is 0.336 e. The summed E-state index contributed by atoms with van der Waals surface area (Å²) in [5.74, 6) is 0.905. The van der Waals surface area contributed by atoms with E-state index in [9.17, 15) is 13.2 Å². The van der Waals surface area contributed by atoms with Gasteiger partial charge < -0.3 is 14.6 Å². The number of likely N-dealkylation sites (N-methyl/N-ethyl adjacent to an activating group) is 1. The standard InChI is InChI=1S/C24H32N8O4S/c1-5-10-30-22-20(23-28-25-15-31(23)24(30)33)26-21(27-22)18-13-17(7-8-19(18)36-12-6-2)37(34,35)32-11-9-16(32)14-29(3)4/h7-8,13,15-16H,5-6,9-12,14H2,1-4H3,(H,26,27). The molecule has 1 atom stereocenters. The van der Waals surface area contributed by atoms with Crippen LogP contribution in [-0.2, 0) is 16.6 Å². The second-order valence-corrected chi connectivity index (χ2v) is 11.5. The maximum Gasteiger partial charge on any atom is 0.336 e. The molecule has 1 aromatic carbocycles. The molecule has 0 amide bonds. The van der Waals surface area contributed by atoms with Crippen molar-refractivity contribution in [2.24, 2.45) is 0 Å². The number of benzene rings is 1. The molecule has 5 rings (SSSR count). The van der Waals surface area contributed by atoms with E-state index in [1.165, 1.54) is 10.7 Å². The van der Waals surface area contributed by atoms with Gasteiger partial charge in [-0.25, -0.2) is 22.6 Å². The summed E-state index contributed by atoms with van der Waals surface area (Å²) >= 11 is 0. The Morgan fingerprint density at radius 1 is 1.19 bits per heavy atom. The van der Waals surface area contributed by atoms with Crippen LogP contribution < -0.4 is 10.4 Å². The average Bonchev–Trinajstić information content (AvgIpc) is 3.50. The van der Waals surface area contributed by atoms with Crippen LogP contribution in [0.2, 0.25) is 0 Å². The monoisotopic (exact) mass is 528 g/mol. The molecule has 4 heterocycles. The van der Waals surface area contributed by atoms with Gasteiger partial charge in [0.1, 0.15) is 23.4 Å². The minimum absolute atomic E-state index is 0.0598. The van der Waals surface area contributed by atoms with Crippen molar-refractivity contribution in [1.29, 1.82) is 0 Å². The molecule has 0 bridgehead atoms. The zero-order chi connectivity index (χ0) is 26.3. The molecule has 12 nitrogen and oxygen atoms in total. The van der Waals surface area contributed by atoms with Crippen molar-refractivity contribution in [1.82, 2.24) is 38.3 Å². The Balaban J connectivity index is 1.66. The van der Waals surface area contributed by atoms with Gasteiger partial charge in [0.15, 0.2) is 11.3 Å². The molecule has 0 saturated carbocycles. The molecule has 3 aromatic heterocycles. The molecule has 198 valence electrons. The molecular formula is C24H32N8O4S. The Kier molecular flexibility index (Phi) is 6.77. The van der Waals surface area contributed by atoms with Crippen molar-refractivity contribution in [2.45, 2.75) is 50.6 Å². The highest BCUT2D eigenvalue weighted by atomic mass is 32.2. The highest BCUT2D eigenvalue weighted by Gasteiger charge is 2.39. The van der Waals surface area contributed by atoms with Crippen LogP contribution in [0.25, 0.3) is 28.2 Å². The molecule has 1 saturated heterocycles. The van der Waals surface area contributed by atoms with E-state index in [4.69, 9.17) is 9.72 Å². The molecule has 0 spiro atoms. The maximum absolute atomic E-state index is 13.6. The van der Waals surface area contributed by atoms with E-state index in [1.54, 1.807) is 27.1 Å². The second-order valence-electron chi connectivity index (χ2n) is 9.57. The first-order chi connectivity index (χ1) is 17.8. The van der Waals surface area contributed by atoms with Crippen LogP contribution in [0.15, 0.2) is 34.2 Å². The summed E-state index contributed by atoms with van der Waals surface area (Å²) in [6.45, 7) is 6.06. The largest absolute Gasteiger partial charge is 0.493 e. The molecule has 1 unspecified atom stereocenters. The number of aromatic nitrogens is 6. The van der Waals surface area contributed by atoms with E-state index >= 15 is 0 Å². The first-order valence-corrected chi connectivity index (χ1v) is 14.0. The maximum atomic E-state index is 13.6. The molecule has 1 aliphatic rings. The fourth-order valence-electron chi connectivity index (χ4n) is 4.70. The molecule has 4 aromatic rings. The third-order valence-corrected chi connectivity index (χ3v) is 8.48. The number of aryl methyl sites for hydroxylation is 1. The van der Waals surface area contributed by atoms with Gasteiger partial charge in [-0.15, -0.1) is 10.2 Å². The molecule has 37 heavy (non-hydrogen) atoms. The minimum atomic E-state index is -3.72. The number of H-pyrrole nitrogens is 1. The Morgan fingerprint density at radius 2 is 2.00 bits per heavy atom. The van der Waals surface area contributed by atoms with Gasteiger partial charge in [0, 0.05) is 25.7 Å². The van der Waals surface area contributed by atoms with Gasteiger partial charge in [-0.05, 0) is 51.6 Å². The lowest BCUT2D eigenvalue weighted by Gasteiger charge is -2.41. The van der Waals surface area contributed by atoms with Gasteiger partial charge in [-0.2, -0.15) is 4.31 Å². The van der Waals surface area contributed by atoms with Crippen LogP contribution in [-0.4, -0.2) is 86.6 Å². The molecule has 0 aliphatic carbocycles. The van der Waals surface area contributed by atoms with Crippen LogP contribution in [0, 0.1) is 0 Å². The van der Waals surface area contributed by atoms with E-state index in [0.717, 1.165) is 19.3 Å². The van der Waals surface area contributed by atoms with Crippen molar-refractivity contribution in [3.8, 4) is 17.1 Å². The lowest BCUT2D eigenvalue weighted by Crippen LogP contribution is -2.54. The molecular weight excluding hydrogens is 496 g/mol. The SMILES string of the molecule is CCCOc1ccc(S(=O)(=O)N2CCC2CN(C)C)cc1-c1nc2c([nH]1)c1nncn1c(=O)n2CCC. The predicted molar refractivity (Wildman–Crippen MR) is 139 cm³/mol. The summed E-state index contributed by atoms with van der Waals surface area (Å²) in [6, 6.07) is 4.81. The van der Waals surface area contributed by atoms with Gasteiger partial charge >= 0.3 is 5.69 Å². The molecule has 13 heteroatoms. The van der Waals surface area contributed by atoms with E-state index in [0.29, 0.717) is 60.2 Å². The summed E-state index contributed by atoms with van der Waals surface area (Å²) in [6.07, 6.45) is 3.72. The minimum Gasteiger partial charge on any atom is -0.493 e. The van der Waals surface area contributed by atoms with Crippen molar-refractivity contribution < 1.29 is 13.2 Å². The van der Waals surface area contributed by atoms with Crippen LogP contribution in [0.1, 0.15) is 33.1 Å². The third kappa shape index (κ3) is 4.40. The number of nitrogens with one attached hydrogen (secondary N) is 1. The van der Waals surface area contributed by atoms with E-state index < -0.39 is 10.0 Å². The van der Waals surface area contributed by atoms with Gasteiger partial charge in [-0.3, -0.25) is 4.57 Å². The second kappa shape index (κ2) is 9.88. The highest BCUT2D eigenvalue weighted by Crippen LogP contribution is 2.35. The summed E-state index contributed by atoms with van der Waals surface area (Å²) in [4.78, 5) is 23.2. The van der Waals surface area contributed by atoms with E-state index in [1.807, 2.05) is 32.8 Å². The fourth-order valence-corrected chi connectivity index (χ4v) is 6.39. The number of hydrogen-bond donors (Lipinski definition) is 1. The number of hydrogen-bond acceptors (Lipinski definition) is 8. The van der Waals surface area contributed by atoms with Gasteiger partial charge in [0.05, 0.1) is 17.1 Å². The van der Waals surface area contributed by atoms with Crippen LogP contribution in [0.3, 0.4) is 0 Å². The Hall–Kier alpha value is -3.29.